The maximum absolute atomic E-state index is 13.7. The van der Waals surface area contributed by atoms with Gasteiger partial charge in [-0.05, 0) is 36.8 Å². The van der Waals surface area contributed by atoms with Crippen LogP contribution < -0.4 is 14.8 Å². The molecule has 1 N–H and O–H groups in total. The SMILES string of the molecule is Cc1cc2c(cc1-c1cc(C(=O)Nc3ccncc3F)nn1C)OC(F)(F)O2. The normalized spacial score (nSPS) is 14.2. The fourth-order valence-corrected chi connectivity index (χ4v) is 2.87. The van der Waals surface area contributed by atoms with Crippen LogP contribution in [0.4, 0.5) is 18.9 Å². The first-order valence-corrected chi connectivity index (χ1v) is 8.09. The molecule has 0 saturated carbocycles. The third-order valence-electron chi connectivity index (χ3n) is 4.16. The average molecular weight is 390 g/mol. The minimum atomic E-state index is -3.72. The van der Waals surface area contributed by atoms with Crippen LogP contribution in [0.2, 0.25) is 0 Å². The lowest BCUT2D eigenvalue weighted by Crippen LogP contribution is -2.25. The Morgan fingerprint density at radius 2 is 1.93 bits per heavy atom. The summed E-state index contributed by atoms with van der Waals surface area (Å²) in [6.45, 7) is 1.70. The summed E-state index contributed by atoms with van der Waals surface area (Å²) >= 11 is 0. The minimum absolute atomic E-state index is 0.0242. The second kappa shape index (κ2) is 6.25. The first-order chi connectivity index (χ1) is 13.2. The van der Waals surface area contributed by atoms with Crippen molar-refractivity contribution in [2.24, 2.45) is 7.05 Å². The Hall–Kier alpha value is -3.56. The van der Waals surface area contributed by atoms with Crippen LogP contribution in [0, 0.1) is 12.7 Å². The molecule has 1 aliphatic heterocycles. The molecule has 3 aromatic rings. The van der Waals surface area contributed by atoms with Crippen molar-refractivity contribution >= 4 is 11.6 Å². The summed E-state index contributed by atoms with van der Waals surface area (Å²) in [5.74, 6) is -1.49. The molecule has 28 heavy (non-hydrogen) atoms. The third kappa shape index (κ3) is 3.13. The summed E-state index contributed by atoms with van der Waals surface area (Å²) in [4.78, 5) is 16.0. The Morgan fingerprint density at radius 3 is 2.64 bits per heavy atom. The molecule has 0 unspecified atom stereocenters. The van der Waals surface area contributed by atoms with Crippen molar-refractivity contribution in [3.8, 4) is 22.8 Å². The second-order valence-corrected chi connectivity index (χ2v) is 6.13. The number of alkyl halides is 2. The molecule has 0 radical (unpaired) electrons. The highest BCUT2D eigenvalue weighted by Gasteiger charge is 2.43. The molecule has 3 heterocycles. The fraction of sp³-hybridized carbons (Fsp3) is 0.167. The van der Waals surface area contributed by atoms with Crippen LogP contribution in [0.25, 0.3) is 11.3 Å². The Labute approximate surface area is 156 Å². The van der Waals surface area contributed by atoms with Gasteiger partial charge in [0.1, 0.15) is 0 Å². The van der Waals surface area contributed by atoms with Crippen LogP contribution in [0.1, 0.15) is 16.1 Å². The van der Waals surface area contributed by atoms with Gasteiger partial charge in [0.05, 0.1) is 17.6 Å². The molecule has 1 aliphatic rings. The first kappa shape index (κ1) is 17.8. The van der Waals surface area contributed by atoms with Crippen LogP contribution in [0.3, 0.4) is 0 Å². The maximum atomic E-state index is 13.7. The van der Waals surface area contributed by atoms with E-state index in [0.29, 0.717) is 16.8 Å². The number of rotatable bonds is 3. The van der Waals surface area contributed by atoms with Crippen molar-refractivity contribution in [3.05, 3.63) is 53.7 Å². The Bertz CT molecular complexity index is 1100. The molecule has 0 spiro atoms. The molecule has 0 bridgehead atoms. The van der Waals surface area contributed by atoms with Gasteiger partial charge in [0.25, 0.3) is 5.91 Å². The van der Waals surface area contributed by atoms with Crippen molar-refractivity contribution in [2.45, 2.75) is 13.2 Å². The van der Waals surface area contributed by atoms with Gasteiger partial charge in [-0.15, -0.1) is 8.78 Å². The van der Waals surface area contributed by atoms with E-state index in [1.165, 1.54) is 35.1 Å². The van der Waals surface area contributed by atoms with Gasteiger partial charge < -0.3 is 14.8 Å². The summed E-state index contributed by atoms with van der Waals surface area (Å²) < 4.78 is 50.6. The highest BCUT2D eigenvalue weighted by Crippen LogP contribution is 2.44. The Kier molecular flexibility index (Phi) is 3.98. The largest absolute Gasteiger partial charge is 0.586 e. The van der Waals surface area contributed by atoms with Crippen molar-refractivity contribution in [3.63, 3.8) is 0 Å². The van der Waals surface area contributed by atoms with E-state index < -0.39 is 18.0 Å². The van der Waals surface area contributed by atoms with Crippen molar-refractivity contribution in [1.82, 2.24) is 14.8 Å². The number of hydrogen-bond acceptors (Lipinski definition) is 5. The number of ether oxygens (including phenoxy) is 2. The summed E-state index contributed by atoms with van der Waals surface area (Å²) in [5.41, 5.74) is 1.63. The highest BCUT2D eigenvalue weighted by molar-refractivity contribution is 6.03. The molecular weight excluding hydrogens is 377 g/mol. The number of amides is 1. The summed E-state index contributed by atoms with van der Waals surface area (Å²) in [5, 5.41) is 6.53. The Morgan fingerprint density at radius 1 is 1.21 bits per heavy atom. The van der Waals surface area contributed by atoms with Crippen LogP contribution in [0.15, 0.2) is 36.7 Å². The van der Waals surface area contributed by atoms with Gasteiger partial charge in [0, 0.05) is 18.8 Å². The summed E-state index contributed by atoms with van der Waals surface area (Å²) in [7, 11) is 1.60. The molecule has 1 aromatic carbocycles. The molecule has 144 valence electrons. The van der Waals surface area contributed by atoms with E-state index in [9.17, 15) is 18.0 Å². The highest BCUT2D eigenvalue weighted by atomic mass is 19.3. The number of anilines is 1. The van der Waals surface area contributed by atoms with Crippen LogP contribution in [-0.4, -0.2) is 27.0 Å². The quantitative estimate of drug-likeness (QED) is 0.741. The van der Waals surface area contributed by atoms with E-state index in [-0.39, 0.29) is 22.9 Å². The number of benzene rings is 1. The number of pyridine rings is 1. The van der Waals surface area contributed by atoms with Crippen LogP contribution in [0.5, 0.6) is 11.5 Å². The van der Waals surface area contributed by atoms with Gasteiger partial charge in [-0.1, -0.05) is 0 Å². The molecule has 10 heteroatoms. The van der Waals surface area contributed by atoms with Crippen molar-refractivity contribution < 1.29 is 27.4 Å². The zero-order valence-electron chi connectivity index (χ0n) is 14.7. The second-order valence-electron chi connectivity index (χ2n) is 6.13. The maximum Gasteiger partial charge on any atom is 0.586 e. The van der Waals surface area contributed by atoms with E-state index in [1.54, 1.807) is 14.0 Å². The fourth-order valence-electron chi connectivity index (χ4n) is 2.87. The Balaban J connectivity index is 1.66. The lowest BCUT2D eigenvalue weighted by Gasteiger charge is -2.07. The number of nitrogens with zero attached hydrogens (tertiary/aromatic N) is 3. The smallest absolute Gasteiger partial charge is 0.395 e. The van der Waals surface area contributed by atoms with Crippen molar-refractivity contribution in [2.75, 3.05) is 5.32 Å². The van der Waals surface area contributed by atoms with Gasteiger partial charge in [-0.3, -0.25) is 14.5 Å². The monoisotopic (exact) mass is 390 g/mol. The van der Waals surface area contributed by atoms with Gasteiger partial charge in [0.15, 0.2) is 23.0 Å². The van der Waals surface area contributed by atoms with Gasteiger partial charge >= 0.3 is 6.29 Å². The number of halogens is 3. The summed E-state index contributed by atoms with van der Waals surface area (Å²) in [6.07, 6.45) is -1.40. The average Bonchev–Trinajstić information content (AvgIpc) is 3.14. The van der Waals surface area contributed by atoms with E-state index in [1.807, 2.05) is 0 Å². The van der Waals surface area contributed by atoms with Gasteiger partial charge in [-0.25, -0.2) is 4.39 Å². The number of aryl methyl sites for hydroxylation is 2. The number of fused-ring (bicyclic) bond motifs is 1. The molecule has 4 rings (SSSR count). The van der Waals surface area contributed by atoms with Gasteiger partial charge in [-0.2, -0.15) is 5.10 Å². The standard InChI is InChI=1S/C18H13F3N4O3/c1-9-5-15-16(28-18(20,21)27-15)6-10(9)14-7-13(24-25(14)2)17(26)23-12-3-4-22-8-11(12)19/h3-8H,1-2H3,(H,22,23,26). The first-order valence-electron chi connectivity index (χ1n) is 8.09. The van der Waals surface area contributed by atoms with Gasteiger partial charge in [0.2, 0.25) is 0 Å². The molecular formula is C18H13F3N4O3. The zero-order valence-corrected chi connectivity index (χ0v) is 14.7. The predicted octanol–water partition coefficient (Wildman–Crippen LogP) is 3.50. The number of hydrogen-bond donors (Lipinski definition) is 1. The van der Waals surface area contributed by atoms with E-state index >= 15 is 0 Å². The molecule has 0 saturated heterocycles. The number of aromatic nitrogens is 3. The predicted molar refractivity (Wildman–Crippen MR) is 91.7 cm³/mol. The van der Waals surface area contributed by atoms with Crippen LogP contribution in [-0.2, 0) is 7.05 Å². The third-order valence-corrected chi connectivity index (χ3v) is 4.16. The van der Waals surface area contributed by atoms with E-state index in [2.05, 4.69) is 24.9 Å². The van der Waals surface area contributed by atoms with Crippen molar-refractivity contribution in [1.29, 1.82) is 0 Å². The van der Waals surface area contributed by atoms with Crippen LogP contribution >= 0.6 is 0 Å². The molecule has 0 aliphatic carbocycles. The van der Waals surface area contributed by atoms with E-state index in [4.69, 9.17) is 0 Å². The zero-order chi connectivity index (χ0) is 20.1. The molecule has 0 atom stereocenters. The molecule has 2 aromatic heterocycles. The summed E-state index contributed by atoms with van der Waals surface area (Å²) in [6, 6.07) is 5.60. The molecule has 7 nitrogen and oxygen atoms in total. The lowest BCUT2D eigenvalue weighted by atomic mass is 10.0. The number of carbonyl (C=O) groups is 1. The minimum Gasteiger partial charge on any atom is -0.395 e. The molecule has 1 amide bonds. The number of carbonyl (C=O) groups excluding carboxylic acids is 1. The van der Waals surface area contributed by atoms with E-state index in [0.717, 1.165) is 6.20 Å². The number of nitrogens with one attached hydrogen (secondary N) is 1. The lowest BCUT2D eigenvalue weighted by molar-refractivity contribution is -0.286. The topological polar surface area (TPSA) is 78.3 Å². The molecule has 0 fully saturated rings.